The second-order valence-electron chi connectivity index (χ2n) is 9.50. The van der Waals surface area contributed by atoms with Gasteiger partial charge in [0.05, 0.1) is 5.92 Å². The summed E-state index contributed by atoms with van der Waals surface area (Å²) in [4.78, 5) is 39.1. The number of carbonyl (C=O) groups is 3. The van der Waals surface area contributed by atoms with Crippen molar-refractivity contribution < 1.29 is 24.2 Å². The highest BCUT2D eigenvalue weighted by Gasteiger charge is 2.40. The van der Waals surface area contributed by atoms with Crippen molar-refractivity contribution in [2.45, 2.75) is 39.2 Å². The van der Waals surface area contributed by atoms with Crippen LogP contribution in [0, 0.1) is 17.8 Å². The van der Waals surface area contributed by atoms with Crippen molar-refractivity contribution in [3.63, 3.8) is 0 Å². The first-order valence-corrected chi connectivity index (χ1v) is 11.9. The number of aliphatic carboxylic acids is 1. The molecule has 4 rings (SSSR count). The number of carboxylic acid groups (broad SMARTS) is 1. The van der Waals surface area contributed by atoms with E-state index in [4.69, 9.17) is 4.74 Å². The van der Waals surface area contributed by atoms with Crippen LogP contribution >= 0.6 is 0 Å². The van der Waals surface area contributed by atoms with Gasteiger partial charge in [-0.2, -0.15) is 0 Å². The molecule has 2 amide bonds. The van der Waals surface area contributed by atoms with Crippen molar-refractivity contribution in [1.82, 2.24) is 10.2 Å². The van der Waals surface area contributed by atoms with Crippen LogP contribution in [-0.2, 0) is 14.3 Å². The smallest absolute Gasteiger partial charge is 0.407 e. The Labute approximate surface area is 200 Å². The van der Waals surface area contributed by atoms with Gasteiger partial charge in [0.2, 0.25) is 5.91 Å². The second-order valence-corrected chi connectivity index (χ2v) is 9.50. The lowest BCUT2D eigenvalue weighted by Gasteiger charge is -2.28. The summed E-state index contributed by atoms with van der Waals surface area (Å²) in [5.74, 6) is -2.05. The van der Waals surface area contributed by atoms with Crippen LogP contribution in [0.15, 0.2) is 48.5 Å². The summed E-state index contributed by atoms with van der Waals surface area (Å²) in [6.45, 7) is 6.40. The SMILES string of the molecule is CC[C@H](C)[C@H](NC(=O)OCC1c2ccccc2-c2ccccc21)C(=O)N1CC(C)C(C(=O)O)C1. The van der Waals surface area contributed by atoms with Gasteiger partial charge in [0.1, 0.15) is 12.6 Å². The molecule has 0 saturated carbocycles. The number of hydrogen-bond donors (Lipinski definition) is 2. The second kappa shape index (κ2) is 9.87. The first-order valence-electron chi connectivity index (χ1n) is 11.9. The minimum Gasteiger partial charge on any atom is -0.481 e. The Morgan fingerprint density at radius 2 is 1.65 bits per heavy atom. The van der Waals surface area contributed by atoms with Gasteiger partial charge in [-0.25, -0.2) is 4.79 Å². The van der Waals surface area contributed by atoms with Gasteiger partial charge in [-0.05, 0) is 34.1 Å². The van der Waals surface area contributed by atoms with Gasteiger partial charge in [-0.15, -0.1) is 0 Å². The van der Waals surface area contributed by atoms with Crippen molar-refractivity contribution in [2.75, 3.05) is 19.7 Å². The zero-order valence-electron chi connectivity index (χ0n) is 19.9. The molecule has 1 aliphatic heterocycles. The van der Waals surface area contributed by atoms with Crippen molar-refractivity contribution in [3.8, 4) is 11.1 Å². The van der Waals surface area contributed by atoms with Crippen molar-refractivity contribution in [3.05, 3.63) is 59.7 Å². The van der Waals surface area contributed by atoms with E-state index in [0.717, 1.165) is 22.3 Å². The number of carboxylic acids is 1. The third-order valence-electron chi connectivity index (χ3n) is 7.34. The zero-order valence-corrected chi connectivity index (χ0v) is 19.9. The monoisotopic (exact) mass is 464 g/mol. The van der Waals surface area contributed by atoms with Crippen LogP contribution in [0.25, 0.3) is 11.1 Å². The summed E-state index contributed by atoms with van der Waals surface area (Å²) >= 11 is 0. The number of rotatable bonds is 7. The maximum atomic E-state index is 13.2. The van der Waals surface area contributed by atoms with Crippen molar-refractivity contribution in [2.24, 2.45) is 17.8 Å². The van der Waals surface area contributed by atoms with Gasteiger partial charge in [0, 0.05) is 19.0 Å². The lowest BCUT2D eigenvalue weighted by molar-refractivity contribution is -0.142. The van der Waals surface area contributed by atoms with Crippen molar-refractivity contribution >= 4 is 18.0 Å². The fraction of sp³-hybridized carbons (Fsp3) is 0.444. The molecular weight excluding hydrogens is 432 g/mol. The quantitative estimate of drug-likeness (QED) is 0.643. The molecule has 1 heterocycles. The molecule has 2 aromatic rings. The van der Waals surface area contributed by atoms with Crippen LogP contribution < -0.4 is 5.32 Å². The number of benzene rings is 2. The molecule has 2 N–H and O–H groups in total. The predicted molar refractivity (Wildman–Crippen MR) is 128 cm³/mol. The Morgan fingerprint density at radius 1 is 1.06 bits per heavy atom. The Kier molecular flexibility index (Phi) is 6.91. The molecule has 0 spiro atoms. The number of alkyl carbamates (subject to hydrolysis) is 1. The molecular formula is C27H32N2O5. The lowest BCUT2D eigenvalue weighted by atomic mass is 9.97. The Bertz CT molecular complexity index is 1040. The number of hydrogen-bond acceptors (Lipinski definition) is 4. The number of nitrogens with zero attached hydrogens (tertiary/aromatic N) is 1. The minimum absolute atomic E-state index is 0.0633. The summed E-state index contributed by atoms with van der Waals surface area (Å²) in [7, 11) is 0. The van der Waals surface area contributed by atoms with E-state index in [0.29, 0.717) is 13.0 Å². The summed E-state index contributed by atoms with van der Waals surface area (Å²) in [6, 6.07) is 15.5. The molecule has 0 radical (unpaired) electrons. The van der Waals surface area contributed by atoms with Gasteiger partial charge >= 0.3 is 12.1 Å². The Balaban J connectivity index is 1.43. The van der Waals surface area contributed by atoms with Crippen LogP contribution in [0.5, 0.6) is 0 Å². The standard InChI is InChI=1S/C27H32N2O5/c1-4-16(2)24(25(30)29-13-17(3)22(14-29)26(31)32)28-27(33)34-15-23-20-11-7-5-9-18(20)19-10-6-8-12-21(19)23/h5-12,16-17,22-24H,4,13-15H2,1-3H3,(H,28,33)(H,31,32)/t16-,17?,22?,24-/m0/s1. The Hall–Kier alpha value is -3.35. The van der Waals surface area contributed by atoms with E-state index < -0.39 is 24.0 Å². The van der Waals surface area contributed by atoms with E-state index in [1.54, 1.807) is 4.90 Å². The van der Waals surface area contributed by atoms with E-state index in [2.05, 4.69) is 29.6 Å². The molecule has 4 atom stereocenters. The van der Waals surface area contributed by atoms with Crippen LogP contribution in [0.4, 0.5) is 4.79 Å². The lowest BCUT2D eigenvalue weighted by Crippen LogP contribution is -2.51. The van der Waals surface area contributed by atoms with Crippen LogP contribution in [0.3, 0.4) is 0 Å². The first-order chi connectivity index (χ1) is 16.3. The number of fused-ring (bicyclic) bond motifs is 3. The fourth-order valence-electron chi connectivity index (χ4n) is 5.12. The molecule has 1 fully saturated rings. The van der Waals surface area contributed by atoms with Crippen LogP contribution in [0.2, 0.25) is 0 Å². The van der Waals surface area contributed by atoms with E-state index >= 15 is 0 Å². The summed E-state index contributed by atoms with van der Waals surface area (Å²) in [5.41, 5.74) is 4.54. The van der Waals surface area contributed by atoms with Gasteiger partial charge < -0.3 is 20.1 Å². The van der Waals surface area contributed by atoms with Gasteiger partial charge in [-0.1, -0.05) is 75.7 Å². The molecule has 2 aromatic carbocycles. The molecule has 1 saturated heterocycles. The third-order valence-corrected chi connectivity index (χ3v) is 7.34. The van der Waals surface area contributed by atoms with E-state index in [-0.39, 0.29) is 36.8 Å². The molecule has 7 heteroatoms. The predicted octanol–water partition coefficient (Wildman–Crippen LogP) is 4.12. The largest absolute Gasteiger partial charge is 0.481 e. The summed E-state index contributed by atoms with van der Waals surface area (Å²) < 4.78 is 5.64. The number of ether oxygens (including phenoxy) is 1. The molecule has 2 unspecified atom stereocenters. The van der Waals surface area contributed by atoms with Crippen LogP contribution in [-0.4, -0.2) is 53.7 Å². The number of amides is 2. The van der Waals surface area contributed by atoms with Gasteiger partial charge in [0.25, 0.3) is 0 Å². The first kappa shape index (κ1) is 23.8. The molecule has 34 heavy (non-hydrogen) atoms. The average Bonchev–Trinajstić information content (AvgIpc) is 3.38. The van der Waals surface area contributed by atoms with E-state index in [1.807, 2.05) is 45.0 Å². The summed E-state index contributed by atoms with van der Waals surface area (Å²) in [6.07, 6.45) is 0.0498. The maximum absolute atomic E-state index is 13.2. The van der Waals surface area contributed by atoms with Crippen LogP contribution in [0.1, 0.15) is 44.2 Å². The highest BCUT2D eigenvalue weighted by Crippen LogP contribution is 2.44. The minimum atomic E-state index is -0.896. The van der Waals surface area contributed by atoms with E-state index in [9.17, 15) is 19.5 Å². The Morgan fingerprint density at radius 3 is 2.18 bits per heavy atom. The number of nitrogens with one attached hydrogen (secondary N) is 1. The molecule has 180 valence electrons. The highest BCUT2D eigenvalue weighted by molar-refractivity contribution is 5.87. The fourth-order valence-corrected chi connectivity index (χ4v) is 5.12. The van der Waals surface area contributed by atoms with Gasteiger partial charge in [0.15, 0.2) is 0 Å². The maximum Gasteiger partial charge on any atom is 0.407 e. The third kappa shape index (κ3) is 4.52. The number of carbonyl (C=O) groups excluding carboxylic acids is 2. The zero-order chi connectivity index (χ0) is 24.4. The van der Waals surface area contributed by atoms with E-state index in [1.165, 1.54) is 0 Å². The summed E-state index contributed by atoms with van der Waals surface area (Å²) in [5, 5.41) is 12.2. The average molecular weight is 465 g/mol. The molecule has 7 nitrogen and oxygen atoms in total. The topological polar surface area (TPSA) is 95.9 Å². The molecule has 0 bridgehead atoms. The normalized spacial score (nSPS) is 20.9. The molecule has 0 aromatic heterocycles. The van der Waals surface area contributed by atoms with Crippen molar-refractivity contribution in [1.29, 1.82) is 0 Å². The van der Waals surface area contributed by atoms with Gasteiger partial charge in [-0.3, -0.25) is 9.59 Å². The molecule has 2 aliphatic rings. The number of likely N-dealkylation sites (tertiary alicyclic amines) is 1. The highest BCUT2D eigenvalue weighted by atomic mass is 16.5. The molecule has 1 aliphatic carbocycles.